The Morgan fingerprint density at radius 1 is 1.24 bits per heavy atom. The number of H-pyrrole nitrogens is 1. The van der Waals surface area contributed by atoms with Crippen LogP contribution in [0.1, 0.15) is 39.5 Å². The van der Waals surface area contributed by atoms with Gasteiger partial charge in [0.1, 0.15) is 5.82 Å². The third-order valence-corrected chi connectivity index (χ3v) is 4.14. The zero-order valence-corrected chi connectivity index (χ0v) is 13.1. The van der Waals surface area contributed by atoms with Crippen molar-refractivity contribution in [2.24, 2.45) is 0 Å². The van der Waals surface area contributed by atoms with Crippen LogP contribution in [0.2, 0.25) is 0 Å². The summed E-state index contributed by atoms with van der Waals surface area (Å²) in [6.45, 7) is 8.36. The SMILES string of the molecule is CCCC(CCC)N1CCN(c2cc(=O)[nH]c(N)n2)CC1. The first-order valence-electron chi connectivity index (χ1n) is 7.99. The van der Waals surface area contributed by atoms with Crippen LogP contribution in [0.4, 0.5) is 11.8 Å². The molecular weight excluding hydrogens is 266 g/mol. The smallest absolute Gasteiger partial charge is 0.254 e. The molecule has 2 heterocycles. The van der Waals surface area contributed by atoms with Crippen molar-refractivity contribution in [1.29, 1.82) is 0 Å². The number of piperazine rings is 1. The Kier molecular flexibility index (Phi) is 5.61. The van der Waals surface area contributed by atoms with E-state index in [-0.39, 0.29) is 11.5 Å². The third-order valence-electron chi connectivity index (χ3n) is 4.14. The number of nitrogens with two attached hydrogens (primary N) is 1. The van der Waals surface area contributed by atoms with Gasteiger partial charge < -0.3 is 10.6 Å². The average Bonchev–Trinajstić information content (AvgIpc) is 2.46. The van der Waals surface area contributed by atoms with E-state index >= 15 is 0 Å². The van der Waals surface area contributed by atoms with Gasteiger partial charge in [0.05, 0.1) is 0 Å². The summed E-state index contributed by atoms with van der Waals surface area (Å²) in [6, 6.07) is 2.22. The van der Waals surface area contributed by atoms with Gasteiger partial charge in [0.15, 0.2) is 0 Å². The molecule has 0 radical (unpaired) electrons. The third kappa shape index (κ3) is 4.20. The summed E-state index contributed by atoms with van der Waals surface area (Å²) in [7, 11) is 0. The van der Waals surface area contributed by atoms with Crippen molar-refractivity contribution in [2.75, 3.05) is 36.8 Å². The summed E-state index contributed by atoms with van der Waals surface area (Å²) in [6.07, 6.45) is 5.00. The Hall–Kier alpha value is -1.56. The second-order valence-electron chi connectivity index (χ2n) is 5.74. The maximum Gasteiger partial charge on any atom is 0.254 e. The van der Waals surface area contributed by atoms with Crippen molar-refractivity contribution in [3.63, 3.8) is 0 Å². The monoisotopic (exact) mass is 293 g/mol. The molecule has 0 aliphatic carbocycles. The van der Waals surface area contributed by atoms with E-state index in [9.17, 15) is 4.79 Å². The molecule has 1 saturated heterocycles. The van der Waals surface area contributed by atoms with E-state index in [0.29, 0.717) is 11.9 Å². The highest BCUT2D eigenvalue weighted by Gasteiger charge is 2.23. The van der Waals surface area contributed by atoms with Gasteiger partial charge >= 0.3 is 0 Å². The second kappa shape index (κ2) is 7.45. The van der Waals surface area contributed by atoms with Gasteiger partial charge in [0.25, 0.3) is 5.56 Å². The van der Waals surface area contributed by atoms with Gasteiger partial charge in [-0.1, -0.05) is 26.7 Å². The fourth-order valence-electron chi connectivity index (χ4n) is 3.12. The van der Waals surface area contributed by atoms with Crippen LogP contribution in [0, 0.1) is 0 Å². The number of aromatic nitrogens is 2. The van der Waals surface area contributed by atoms with Crippen molar-refractivity contribution in [3.8, 4) is 0 Å². The predicted molar refractivity (Wildman–Crippen MR) is 86.7 cm³/mol. The molecule has 1 fully saturated rings. The highest BCUT2D eigenvalue weighted by molar-refractivity contribution is 5.41. The highest BCUT2D eigenvalue weighted by Crippen LogP contribution is 2.18. The summed E-state index contributed by atoms with van der Waals surface area (Å²) < 4.78 is 0. The molecule has 6 heteroatoms. The molecule has 0 amide bonds. The first kappa shape index (κ1) is 15.8. The van der Waals surface area contributed by atoms with E-state index in [0.717, 1.165) is 26.2 Å². The molecule has 1 aliphatic heterocycles. The fourth-order valence-corrected chi connectivity index (χ4v) is 3.12. The van der Waals surface area contributed by atoms with Crippen LogP contribution in [-0.4, -0.2) is 47.1 Å². The Morgan fingerprint density at radius 2 is 1.86 bits per heavy atom. The first-order valence-corrected chi connectivity index (χ1v) is 7.99. The maximum absolute atomic E-state index is 11.5. The zero-order chi connectivity index (χ0) is 15.2. The zero-order valence-electron chi connectivity index (χ0n) is 13.1. The van der Waals surface area contributed by atoms with Gasteiger partial charge in [-0.15, -0.1) is 0 Å². The van der Waals surface area contributed by atoms with E-state index in [4.69, 9.17) is 5.73 Å². The molecule has 1 aromatic heterocycles. The Bertz CT molecular complexity index is 487. The number of nitrogen functional groups attached to an aromatic ring is 1. The molecule has 0 saturated carbocycles. The highest BCUT2D eigenvalue weighted by atomic mass is 16.1. The van der Waals surface area contributed by atoms with Crippen LogP contribution < -0.4 is 16.2 Å². The van der Waals surface area contributed by atoms with Gasteiger partial charge in [-0.25, -0.2) is 0 Å². The lowest BCUT2D eigenvalue weighted by atomic mass is 10.0. The number of nitrogens with zero attached hydrogens (tertiary/aromatic N) is 3. The molecule has 0 aromatic carbocycles. The largest absolute Gasteiger partial charge is 0.369 e. The average molecular weight is 293 g/mol. The maximum atomic E-state index is 11.5. The van der Waals surface area contributed by atoms with Crippen LogP contribution in [0.3, 0.4) is 0 Å². The van der Waals surface area contributed by atoms with E-state index in [1.807, 2.05) is 0 Å². The first-order chi connectivity index (χ1) is 10.1. The summed E-state index contributed by atoms with van der Waals surface area (Å²) in [5.41, 5.74) is 5.43. The van der Waals surface area contributed by atoms with Crippen molar-refractivity contribution < 1.29 is 0 Å². The Balaban J connectivity index is 1.97. The minimum absolute atomic E-state index is 0.185. The van der Waals surface area contributed by atoms with Gasteiger partial charge in [0.2, 0.25) is 5.95 Å². The number of hydrogen-bond acceptors (Lipinski definition) is 5. The van der Waals surface area contributed by atoms with Crippen LogP contribution in [0.5, 0.6) is 0 Å². The summed E-state index contributed by atoms with van der Waals surface area (Å²) in [5, 5.41) is 0. The number of nitrogens with one attached hydrogen (secondary N) is 1. The minimum atomic E-state index is -0.185. The van der Waals surface area contributed by atoms with Gasteiger partial charge in [-0.05, 0) is 12.8 Å². The van der Waals surface area contributed by atoms with Gasteiger partial charge in [-0.3, -0.25) is 14.7 Å². The molecule has 2 rings (SSSR count). The van der Waals surface area contributed by atoms with Crippen LogP contribution in [0.25, 0.3) is 0 Å². The van der Waals surface area contributed by atoms with E-state index < -0.39 is 0 Å². The molecule has 1 aliphatic rings. The lowest BCUT2D eigenvalue weighted by Gasteiger charge is -2.39. The topological polar surface area (TPSA) is 78.2 Å². The van der Waals surface area contributed by atoms with Crippen molar-refractivity contribution >= 4 is 11.8 Å². The molecule has 0 atom stereocenters. The molecule has 1 aromatic rings. The predicted octanol–water partition coefficient (Wildman–Crippen LogP) is 1.44. The van der Waals surface area contributed by atoms with Crippen molar-refractivity contribution in [2.45, 2.75) is 45.6 Å². The summed E-state index contributed by atoms with van der Waals surface area (Å²) in [4.78, 5) is 22.9. The Morgan fingerprint density at radius 3 is 2.38 bits per heavy atom. The normalized spacial score (nSPS) is 16.6. The number of hydrogen-bond donors (Lipinski definition) is 2. The van der Waals surface area contributed by atoms with E-state index in [1.54, 1.807) is 0 Å². The molecule has 6 nitrogen and oxygen atoms in total. The molecule has 0 bridgehead atoms. The van der Waals surface area contributed by atoms with E-state index in [1.165, 1.54) is 31.7 Å². The molecule has 21 heavy (non-hydrogen) atoms. The van der Waals surface area contributed by atoms with Crippen molar-refractivity contribution in [3.05, 3.63) is 16.4 Å². The van der Waals surface area contributed by atoms with Crippen LogP contribution in [-0.2, 0) is 0 Å². The number of anilines is 2. The molecule has 118 valence electrons. The summed E-state index contributed by atoms with van der Waals surface area (Å²) >= 11 is 0. The second-order valence-corrected chi connectivity index (χ2v) is 5.74. The van der Waals surface area contributed by atoms with Crippen molar-refractivity contribution in [1.82, 2.24) is 14.9 Å². The number of rotatable bonds is 6. The van der Waals surface area contributed by atoms with Gasteiger partial charge in [0, 0.05) is 38.3 Å². The molecule has 0 spiro atoms. The fraction of sp³-hybridized carbons (Fsp3) is 0.733. The molecule has 3 N–H and O–H groups in total. The van der Waals surface area contributed by atoms with Gasteiger partial charge in [-0.2, -0.15) is 4.98 Å². The Labute approximate surface area is 126 Å². The quantitative estimate of drug-likeness (QED) is 0.830. The lowest BCUT2D eigenvalue weighted by Crippen LogP contribution is -2.50. The minimum Gasteiger partial charge on any atom is -0.369 e. The van der Waals surface area contributed by atoms with Crippen LogP contribution >= 0.6 is 0 Å². The molecular formula is C15H27N5O. The van der Waals surface area contributed by atoms with Crippen LogP contribution in [0.15, 0.2) is 10.9 Å². The number of aromatic amines is 1. The lowest BCUT2D eigenvalue weighted by molar-refractivity contribution is 0.165. The summed E-state index contributed by atoms with van der Waals surface area (Å²) in [5.74, 6) is 0.883. The standard InChI is InChI=1S/C15H27N5O/c1-3-5-12(6-4-2)19-7-9-20(10-8-19)13-11-14(21)18-15(16)17-13/h11-12H,3-10H2,1-2H3,(H3,16,17,18,21). The molecule has 0 unspecified atom stereocenters. The van der Waals surface area contributed by atoms with E-state index in [2.05, 4.69) is 33.6 Å².